The number of thiazole rings is 1. The molecule has 3 aliphatic rings. The van der Waals surface area contributed by atoms with Crippen molar-refractivity contribution in [3.63, 3.8) is 0 Å². The number of nitrogens with zero attached hydrogens (tertiary/aromatic N) is 4. The molecule has 0 radical (unpaired) electrons. The number of hydrogen-bond acceptors (Lipinski definition) is 13. The van der Waals surface area contributed by atoms with E-state index in [4.69, 9.17) is 4.74 Å². The van der Waals surface area contributed by atoms with Gasteiger partial charge in [-0.3, -0.25) is 47.8 Å². The Morgan fingerprint density at radius 3 is 2.35 bits per heavy atom. The highest BCUT2D eigenvalue weighted by Crippen LogP contribution is 2.33. The van der Waals surface area contributed by atoms with Crippen LogP contribution in [0.4, 0.5) is 10.8 Å². The van der Waals surface area contributed by atoms with Crippen molar-refractivity contribution in [2.75, 3.05) is 42.7 Å². The largest absolute Gasteiger partial charge is 0.374 e. The summed E-state index contributed by atoms with van der Waals surface area (Å²) in [5.74, 6) is -3.29. The first-order chi connectivity index (χ1) is 31.7. The van der Waals surface area contributed by atoms with Crippen molar-refractivity contribution in [3.05, 3.63) is 124 Å². The number of nitrogens with one attached hydrogen (secondary N) is 4. The standard InChI is InChI=1S/C46H46N8O10S2/c1-66(62,63)53-22-18-32(24-53)41(57)48-36(42(58)51-46-49-37(27-65-46)30-5-3-2-4-6-30)26-64-25-29-7-9-31(10-8-29)40(56)47-19-15-28-16-20-52(21-17-28)33-11-12-34-35(23-33)45(61)54(44(34)60)38-13-14-39(55)50-43(38)59/h2-12,18,22-24,27-28,36,38H,13-17,19-21,25-26H2,1H3,(H,47,56)(H,48,57)(H,49,51,58)(H,50,55,59)/t36-,38?/m0/s1. The van der Waals surface area contributed by atoms with Crippen LogP contribution in [0.5, 0.6) is 0 Å². The first-order valence-electron chi connectivity index (χ1n) is 21.3. The minimum atomic E-state index is -3.63. The molecule has 2 aromatic heterocycles. The van der Waals surface area contributed by atoms with Gasteiger partial charge in [0.05, 0.1) is 41.9 Å². The van der Waals surface area contributed by atoms with Gasteiger partial charge in [0.25, 0.3) is 29.5 Å². The quantitative estimate of drug-likeness (QED) is 0.104. The predicted molar refractivity (Wildman–Crippen MR) is 243 cm³/mol. The van der Waals surface area contributed by atoms with Crippen molar-refractivity contribution < 1.29 is 46.7 Å². The molecule has 8 rings (SSSR count). The van der Waals surface area contributed by atoms with E-state index in [2.05, 4.69) is 31.2 Å². The zero-order chi connectivity index (χ0) is 46.5. The molecule has 66 heavy (non-hydrogen) atoms. The molecule has 18 nitrogen and oxygen atoms in total. The van der Waals surface area contributed by atoms with Crippen molar-refractivity contribution in [1.82, 2.24) is 29.8 Å². The molecule has 3 aliphatic heterocycles. The molecule has 4 N–H and O–H groups in total. The Bertz CT molecular complexity index is 2800. The predicted octanol–water partition coefficient (Wildman–Crippen LogP) is 3.81. The Hall–Kier alpha value is -7.03. The molecule has 7 amide bonds. The SMILES string of the molecule is CS(=O)(=O)n1ccc(C(=O)N[C@@H](COCc2ccc(C(=O)NCCC3CCN(c4ccc5c(c4)C(=O)N(C4CCC(=O)NC4=O)C5=O)CC3)cc2)C(=O)Nc2nc(-c3ccccc3)cs2)c1. The summed E-state index contributed by atoms with van der Waals surface area (Å²) in [6, 6.07) is 20.5. The minimum absolute atomic E-state index is 0.0350. The van der Waals surface area contributed by atoms with Crippen LogP contribution in [0.15, 0.2) is 96.6 Å². The van der Waals surface area contributed by atoms with Crippen LogP contribution in [0, 0.1) is 5.92 Å². The summed E-state index contributed by atoms with van der Waals surface area (Å²) in [5, 5.41) is 12.7. The molecule has 2 saturated heterocycles. The molecule has 20 heteroatoms. The van der Waals surface area contributed by atoms with Gasteiger partial charge in [-0.25, -0.2) is 13.4 Å². The van der Waals surface area contributed by atoms with E-state index < -0.39 is 57.6 Å². The van der Waals surface area contributed by atoms with Crippen molar-refractivity contribution in [3.8, 4) is 11.3 Å². The topological polar surface area (TPSA) is 235 Å². The molecular weight excluding hydrogens is 889 g/mol. The highest BCUT2D eigenvalue weighted by atomic mass is 32.2. The number of hydrogen-bond donors (Lipinski definition) is 4. The van der Waals surface area contributed by atoms with Crippen LogP contribution in [0.2, 0.25) is 0 Å². The Morgan fingerprint density at radius 1 is 0.894 bits per heavy atom. The maximum atomic E-state index is 13.5. The maximum absolute atomic E-state index is 13.5. The summed E-state index contributed by atoms with van der Waals surface area (Å²) in [6.45, 7) is 1.74. The number of carbonyl (C=O) groups excluding carboxylic acids is 7. The van der Waals surface area contributed by atoms with Crippen molar-refractivity contribution in [2.45, 2.75) is 50.8 Å². The van der Waals surface area contributed by atoms with E-state index in [-0.39, 0.29) is 48.7 Å². The maximum Gasteiger partial charge on any atom is 0.262 e. The lowest BCUT2D eigenvalue weighted by atomic mass is 9.93. The van der Waals surface area contributed by atoms with Crippen molar-refractivity contribution >= 4 is 73.5 Å². The zero-order valence-corrected chi connectivity index (χ0v) is 37.4. The number of ether oxygens (including phenoxy) is 1. The first-order valence-corrected chi connectivity index (χ1v) is 24.0. The Labute approximate surface area is 383 Å². The molecule has 5 heterocycles. The summed E-state index contributed by atoms with van der Waals surface area (Å²) in [5.41, 5.74) is 4.04. The number of anilines is 2. The van der Waals surface area contributed by atoms with Gasteiger partial charge in [0.15, 0.2) is 5.13 Å². The molecule has 342 valence electrons. The fraction of sp³-hybridized carbons (Fsp3) is 0.304. The van der Waals surface area contributed by atoms with Crippen LogP contribution in [0.1, 0.15) is 79.1 Å². The van der Waals surface area contributed by atoms with Gasteiger partial charge in [0.2, 0.25) is 21.8 Å². The smallest absolute Gasteiger partial charge is 0.262 e. The van der Waals surface area contributed by atoms with Crippen LogP contribution < -0.4 is 26.2 Å². The number of fused-ring (bicyclic) bond motifs is 1. The Morgan fingerprint density at radius 2 is 1.64 bits per heavy atom. The highest BCUT2D eigenvalue weighted by molar-refractivity contribution is 7.89. The number of imide groups is 2. The summed E-state index contributed by atoms with van der Waals surface area (Å²) in [7, 11) is -3.63. The molecule has 2 atom stereocenters. The lowest BCUT2D eigenvalue weighted by Gasteiger charge is -2.34. The molecule has 1 unspecified atom stereocenters. The molecular formula is C46H46N8O10S2. The lowest BCUT2D eigenvalue weighted by molar-refractivity contribution is -0.136. The third kappa shape index (κ3) is 10.4. The molecule has 0 aliphatic carbocycles. The van der Waals surface area contributed by atoms with Gasteiger partial charge >= 0.3 is 0 Å². The summed E-state index contributed by atoms with van der Waals surface area (Å²) in [4.78, 5) is 97.8. The van der Waals surface area contributed by atoms with Crippen molar-refractivity contribution in [2.24, 2.45) is 5.92 Å². The van der Waals surface area contributed by atoms with E-state index >= 15 is 0 Å². The molecule has 0 bridgehead atoms. The number of amides is 7. The second-order valence-electron chi connectivity index (χ2n) is 16.3. The van der Waals surface area contributed by atoms with E-state index in [0.717, 1.165) is 64.9 Å². The van der Waals surface area contributed by atoms with Crippen LogP contribution in [0.25, 0.3) is 11.3 Å². The first kappa shape index (κ1) is 45.5. The van der Waals surface area contributed by atoms with Gasteiger partial charge in [0, 0.05) is 60.6 Å². The van der Waals surface area contributed by atoms with Gasteiger partial charge in [0.1, 0.15) is 12.1 Å². The summed E-state index contributed by atoms with van der Waals surface area (Å²) in [6.07, 6.45) is 6.05. The summed E-state index contributed by atoms with van der Waals surface area (Å²) < 4.78 is 30.7. The average molecular weight is 935 g/mol. The van der Waals surface area contributed by atoms with E-state index in [1.54, 1.807) is 41.8 Å². The third-order valence-electron chi connectivity index (χ3n) is 11.7. The summed E-state index contributed by atoms with van der Waals surface area (Å²) >= 11 is 1.22. The highest BCUT2D eigenvalue weighted by Gasteiger charge is 2.45. The molecule has 0 saturated carbocycles. The average Bonchev–Trinajstić information content (AvgIpc) is 4.06. The van der Waals surface area contributed by atoms with Gasteiger partial charge in [-0.2, -0.15) is 0 Å². The number of aromatic nitrogens is 2. The number of piperidine rings is 2. The van der Waals surface area contributed by atoms with Crippen LogP contribution in [0.3, 0.4) is 0 Å². The normalized spacial score (nSPS) is 17.0. The minimum Gasteiger partial charge on any atom is -0.374 e. The Balaban J connectivity index is 0.795. The number of benzene rings is 3. The monoisotopic (exact) mass is 934 g/mol. The lowest BCUT2D eigenvalue weighted by Crippen LogP contribution is -2.54. The van der Waals surface area contributed by atoms with E-state index in [1.165, 1.54) is 23.6 Å². The van der Waals surface area contributed by atoms with E-state index in [9.17, 15) is 42.0 Å². The number of rotatable bonds is 16. The molecule has 3 aromatic carbocycles. The fourth-order valence-electron chi connectivity index (χ4n) is 8.08. The van der Waals surface area contributed by atoms with Gasteiger partial charge in [-0.1, -0.05) is 42.5 Å². The van der Waals surface area contributed by atoms with Gasteiger partial charge < -0.3 is 25.6 Å². The second-order valence-corrected chi connectivity index (χ2v) is 19.0. The van der Waals surface area contributed by atoms with Crippen LogP contribution >= 0.6 is 11.3 Å². The molecule has 2 fully saturated rings. The number of carbonyl (C=O) groups is 7. The second kappa shape index (κ2) is 19.6. The van der Waals surface area contributed by atoms with Crippen molar-refractivity contribution in [1.29, 1.82) is 0 Å². The van der Waals surface area contributed by atoms with Gasteiger partial charge in [-0.05, 0) is 73.6 Å². The zero-order valence-electron chi connectivity index (χ0n) is 35.7. The van der Waals surface area contributed by atoms with Crippen LogP contribution in [-0.2, 0) is 35.8 Å². The van der Waals surface area contributed by atoms with Crippen LogP contribution in [-0.4, -0.2) is 108 Å². The van der Waals surface area contributed by atoms with Gasteiger partial charge in [-0.15, -0.1) is 11.3 Å². The Kier molecular flexibility index (Phi) is 13.5. The van der Waals surface area contributed by atoms with E-state index in [0.29, 0.717) is 34.4 Å². The molecule has 5 aromatic rings. The molecule has 0 spiro atoms. The third-order valence-corrected chi connectivity index (χ3v) is 13.5. The fourth-order valence-corrected chi connectivity index (χ4v) is 9.39. The van der Waals surface area contributed by atoms with E-state index in [1.807, 2.05) is 36.4 Å².